The van der Waals surface area contributed by atoms with Crippen LogP contribution in [-0.4, -0.2) is 34.6 Å². The molecule has 3 nitrogen and oxygen atoms in total. The van der Waals surface area contributed by atoms with Crippen LogP contribution in [0, 0.1) is 0 Å². The van der Waals surface area contributed by atoms with Gasteiger partial charge in [0.2, 0.25) is 0 Å². The third kappa shape index (κ3) is 1.52. The van der Waals surface area contributed by atoms with E-state index < -0.39 is 0 Å². The number of fused-ring (bicyclic) bond motifs is 2. The van der Waals surface area contributed by atoms with Crippen molar-refractivity contribution in [1.82, 2.24) is 14.5 Å². The van der Waals surface area contributed by atoms with Crippen LogP contribution in [0.4, 0.5) is 0 Å². The van der Waals surface area contributed by atoms with E-state index in [-0.39, 0.29) is 0 Å². The zero-order valence-electron chi connectivity index (χ0n) is 9.90. The summed E-state index contributed by atoms with van der Waals surface area (Å²) in [4.78, 5) is 6.83. The molecule has 0 atom stereocenters. The number of rotatable bonds is 0. The maximum atomic E-state index is 4.43. The highest BCUT2D eigenvalue weighted by molar-refractivity contribution is 5.77. The molecule has 0 aliphatic carbocycles. The number of hydrogen-bond acceptors (Lipinski definition) is 2. The maximum Gasteiger partial charge on any atom is 0.0955 e. The molecule has 3 rings (SSSR count). The minimum absolute atomic E-state index is 1.13. The van der Waals surface area contributed by atoms with Gasteiger partial charge in [0.05, 0.1) is 17.4 Å². The number of nitrogens with zero attached hydrogens (tertiary/aromatic N) is 3. The lowest BCUT2D eigenvalue weighted by Gasteiger charge is -2.10. The monoisotopic (exact) mass is 215 g/mol. The molecule has 0 N–H and O–H groups in total. The molecule has 0 saturated carbocycles. The molecule has 0 saturated heterocycles. The van der Waals surface area contributed by atoms with Crippen LogP contribution in [-0.2, 0) is 19.9 Å². The second-order valence-corrected chi connectivity index (χ2v) is 4.77. The lowest BCUT2D eigenvalue weighted by atomic mass is 10.0. The first-order valence-corrected chi connectivity index (χ1v) is 5.85. The normalized spacial score (nSPS) is 17.4. The summed E-state index contributed by atoms with van der Waals surface area (Å²) >= 11 is 0. The van der Waals surface area contributed by atoms with E-state index in [0.717, 1.165) is 31.4 Å². The summed E-state index contributed by atoms with van der Waals surface area (Å²) in [6, 6.07) is 4.58. The fourth-order valence-electron chi connectivity index (χ4n) is 2.46. The number of aryl methyl sites for hydroxylation is 1. The van der Waals surface area contributed by atoms with Crippen molar-refractivity contribution in [3.63, 3.8) is 0 Å². The van der Waals surface area contributed by atoms with Crippen LogP contribution in [0.15, 0.2) is 18.5 Å². The third-order valence-electron chi connectivity index (χ3n) is 3.57. The molecule has 1 aromatic carbocycles. The minimum atomic E-state index is 1.13. The Morgan fingerprint density at radius 1 is 1.06 bits per heavy atom. The van der Waals surface area contributed by atoms with Crippen molar-refractivity contribution in [2.24, 2.45) is 7.05 Å². The van der Waals surface area contributed by atoms with E-state index in [1.54, 1.807) is 0 Å². The molecule has 1 aromatic heterocycles. The highest BCUT2D eigenvalue weighted by Gasteiger charge is 2.13. The van der Waals surface area contributed by atoms with Crippen molar-refractivity contribution in [2.45, 2.75) is 12.8 Å². The first-order chi connectivity index (χ1) is 7.74. The Bertz CT molecular complexity index is 527. The molecule has 3 heteroatoms. The quantitative estimate of drug-likeness (QED) is 0.665. The molecule has 0 amide bonds. The van der Waals surface area contributed by atoms with Crippen molar-refractivity contribution < 1.29 is 0 Å². The van der Waals surface area contributed by atoms with Crippen molar-refractivity contribution in [3.8, 4) is 0 Å². The van der Waals surface area contributed by atoms with Crippen molar-refractivity contribution in [3.05, 3.63) is 29.6 Å². The predicted octanol–water partition coefficient (Wildman–Crippen LogP) is 1.60. The summed E-state index contributed by atoms with van der Waals surface area (Å²) in [7, 11) is 4.26. The molecule has 1 aliphatic rings. The fourth-order valence-corrected chi connectivity index (χ4v) is 2.46. The van der Waals surface area contributed by atoms with Crippen LogP contribution >= 0.6 is 0 Å². The zero-order valence-corrected chi connectivity index (χ0v) is 9.90. The summed E-state index contributed by atoms with van der Waals surface area (Å²) in [5.74, 6) is 0. The molecule has 0 fully saturated rings. The van der Waals surface area contributed by atoms with Crippen LogP contribution in [0.2, 0.25) is 0 Å². The summed E-state index contributed by atoms with van der Waals surface area (Å²) in [5, 5.41) is 0. The number of hydrogen-bond donors (Lipinski definition) is 0. The van der Waals surface area contributed by atoms with Gasteiger partial charge in [0.1, 0.15) is 0 Å². The van der Waals surface area contributed by atoms with E-state index in [1.165, 1.54) is 16.6 Å². The Labute approximate surface area is 95.7 Å². The van der Waals surface area contributed by atoms with E-state index in [2.05, 4.69) is 40.7 Å². The van der Waals surface area contributed by atoms with E-state index >= 15 is 0 Å². The molecule has 0 unspecified atom stereocenters. The van der Waals surface area contributed by atoms with Gasteiger partial charge in [0, 0.05) is 20.1 Å². The molecule has 16 heavy (non-hydrogen) atoms. The highest BCUT2D eigenvalue weighted by Crippen LogP contribution is 2.22. The Kier molecular flexibility index (Phi) is 2.21. The lowest BCUT2D eigenvalue weighted by molar-refractivity contribution is 0.352. The summed E-state index contributed by atoms with van der Waals surface area (Å²) in [6.45, 7) is 2.32. The topological polar surface area (TPSA) is 21.1 Å². The molecule has 0 bridgehead atoms. The Hall–Kier alpha value is -1.35. The van der Waals surface area contributed by atoms with Crippen LogP contribution in [0.3, 0.4) is 0 Å². The van der Waals surface area contributed by atoms with Crippen LogP contribution in [0.25, 0.3) is 11.0 Å². The van der Waals surface area contributed by atoms with E-state index in [0.29, 0.717) is 0 Å². The van der Waals surface area contributed by atoms with Crippen LogP contribution < -0.4 is 0 Å². The smallest absolute Gasteiger partial charge is 0.0955 e. The largest absolute Gasteiger partial charge is 0.334 e. The molecule has 2 heterocycles. The second-order valence-electron chi connectivity index (χ2n) is 4.77. The van der Waals surface area contributed by atoms with Gasteiger partial charge >= 0.3 is 0 Å². The number of likely N-dealkylation sites (N-methyl/N-ethyl adjacent to an activating group) is 1. The van der Waals surface area contributed by atoms with Gasteiger partial charge in [-0.2, -0.15) is 0 Å². The molecule has 84 valence electrons. The molecule has 0 radical (unpaired) electrons. The summed E-state index contributed by atoms with van der Waals surface area (Å²) in [5.41, 5.74) is 5.37. The maximum absolute atomic E-state index is 4.43. The van der Waals surface area contributed by atoms with Gasteiger partial charge in [0.15, 0.2) is 0 Å². The first-order valence-electron chi connectivity index (χ1n) is 5.85. The van der Waals surface area contributed by atoms with Gasteiger partial charge in [-0.1, -0.05) is 0 Å². The van der Waals surface area contributed by atoms with Crippen molar-refractivity contribution >= 4 is 11.0 Å². The van der Waals surface area contributed by atoms with Gasteiger partial charge in [-0.25, -0.2) is 4.98 Å². The third-order valence-corrected chi connectivity index (χ3v) is 3.57. The number of aromatic nitrogens is 2. The van der Waals surface area contributed by atoms with Crippen molar-refractivity contribution in [1.29, 1.82) is 0 Å². The molecule has 2 aromatic rings. The second kappa shape index (κ2) is 3.59. The van der Waals surface area contributed by atoms with Crippen molar-refractivity contribution in [2.75, 3.05) is 20.1 Å². The predicted molar refractivity (Wildman–Crippen MR) is 65.6 cm³/mol. The average molecular weight is 215 g/mol. The fraction of sp³-hybridized carbons (Fsp3) is 0.462. The molecule has 0 spiro atoms. The number of imidazole rings is 1. The highest BCUT2D eigenvalue weighted by atomic mass is 15.1. The molecular formula is C13H17N3. The van der Waals surface area contributed by atoms with E-state index in [9.17, 15) is 0 Å². The Balaban J connectivity index is 2.14. The Morgan fingerprint density at radius 2 is 1.75 bits per heavy atom. The van der Waals surface area contributed by atoms with Gasteiger partial charge < -0.3 is 9.47 Å². The van der Waals surface area contributed by atoms with Crippen LogP contribution in [0.1, 0.15) is 11.1 Å². The van der Waals surface area contributed by atoms with E-state index in [1.807, 2.05) is 6.33 Å². The summed E-state index contributed by atoms with van der Waals surface area (Å²) < 4.78 is 2.10. The van der Waals surface area contributed by atoms with Gasteiger partial charge in [-0.05, 0) is 43.1 Å². The zero-order chi connectivity index (χ0) is 11.1. The van der Waals surface area contributed by atoms with Gasteiger partial charge in [-0.15, -0.1) is 0 Å². The van der Waals surface area contributed by atoms with Crippen LogP contribution in [0.5, 0.6) is 0 Å². The molecular weight excluding hydrogens is 198 g/mol. The van der Waals surface area contributed by atoms with Gasteiger partial charge in [-0.3, -0.25) is 0 Å². The lowest BCUT2D eigenvalue weighted by Crippen LogP contribution is -2.20. The van der Waals surface area contributed by atoms with Gasteiger partial charge in [0.25, 0.3) is 0 Å². The number of benzene rings is 1. The standard InChI is InChI=1S/C13H17N3/c1-15-5-3-10-7-12-13(16(2)9-14-12)8-11(10)4-6-15/h7-9H,3-6H2,1-2H3. The SMILES string of the molecule is CN1CCc2cc3ncn(C)c3cc2CC1. The first kappa shape index (κ1) is 9.85. The summed E-state index contributed by atoms with van der Waals surface area (Å²) in [6.07, 6.45) is 4.21. The van der Waals surface area contributed by atoms with E-state index in [4.69, 9.17) is 0 Å². The minimum Gasteiger partial charge on any atom is -0.334 e. The molecule has 1 aliphatic heterocycles. The Morgan fingerprint density at radius 3 is 2.50 bits per heavy atom. The average Bonchev–Trinajstić information content (AvgIpc) is 2.53.